The number of nitrogens with one attached hydrogen (secondary N) is 1. The third-order valence-electron chi connectivity index (χ3n) is 11.7. The summed E-state index contributed by atoms with van der Waals surface area (Å²) in [6.07, 6.45) is 13.5. The van der Waals surface area contributed by atoms with Crippen molar-refractivity contribution in [2.45, 2.75) is 123 Å². The molecule has 204 valence electrons. The largest absolute Gasteiger partial charge is 0.370 e. The molecule has 0 aromatic carbocycles. The van der Waals surface area contributed by atoms with Gasteiger partial charge in [-0.05, 0) is 107 Å². The Morgan fingerprint density at radius 1 is 1.14 bits per heavy atom. The zero-order chi connectivity index (χ0) is 25.7. The topological polar surface area (TPSA) is 41.6 Å². The Kier molecular flexibility index (Phi) is 7.81. The van der Waals surface area contributed by atoms with E-state index in [9.17, 15) is 4.79 Å². The first-order valence-corrected chi connectivity index (χ1v) is 15.6. The number of hydrogen-bond donors (Lipinski definition) is 1. The number of ether oxygens (including phenoxy) is 1. The predicted molar refractivity (Wildman–Crippen MR) is 148 cm³/mol. The van der Waals surface area contributed by atoms with Crippen LogP contribution in [-0.4, -0.2) is 55.1 Å². The molecule has 0 aromatic heterocycles. The molecule has 9 unspecified atom stereocenters. The number of likely N-dealkylation sites (tertiary alicyclic amines) is 1. The number of carbonyl (C=O) groups excluding carboxylic acids is 1. The average molecular weight is 499 g/mol. The summed E-state index contributed by atoms with van der Waals surface area (Å²) in [6, 6.07) is 0.613. The Morgan fingerprint density at radius 2 is 1.94 bits per heavy atom. The first-order valence-electron chi connectivity index (χ1n) is 15.6. The van der Waals surface area contributed by atoms with Crippen LogP contribution in [0.3, 0.4) is 0 Å². The van der Waals surface area contributed by atoms with E-state index in [0.29, 0.717) is 29.3 Å². The quantitative estimate of drug-likeness (QED) is 0.458. The van der Waals surface area contributed by atoms with Gasteiger partial charge in [0.15, 0.2) is 0 Å². The number of nitrogens with zero attached hydrogens (tertiary/aromatic N) is 1. The summed E-state index contributed by atoms with van der Waals surface area (Å²) in [6.45, 7) is 14.9. The van der Waals surface area contributed by atoms with E-state index in [4.69, 9.17) is 4.74 Å². The lowest BCUT2D eigenvalue weighted by Crippen LogP contribution is -2.50. The summed E-state index contributed by atoms with van der Waals surface area (Å²) in [5, 5.41) is 3.37. The van der Waals surface area contributed by atoms with Crippen LogP contribution in [0.1, 0.15) is 105 Å². The number of hydrogen-bond acceptors (Lipinski definition) is 4. The molecule has 4 aliphatic carbocycles. The van der Waals surface area contributed by atoms with Crippen molar-refractivity contribution in [3.8, 4) is 0 Å². The second-order valence-electron chi connectivity index (χ2n) is 13.7. The Balaban J connectivity index is 0.00000130. The molecule has 6 aliphatic rings. The van der Waals surface area contributed by atoms with E-state index >= 15 is 0 Å². The van der Waals surface area contributed by atoms with Gasteiger partial charge in [-0.2, -0.15) is 0 Å². The molecule has 0 aromatic rings. The maximum Gasteiger partial charge on any atom is 0.133 e. The number of carbonyl (C=O) groups is 1. The minimum Gasteiger partial charge on any atom is -0.370 e. The number of likely N-dealkylation sites (N-methyl/N-ethyl adjacent to an activating group) is 1. The van der Waals surface area contributed by atoms with Gasteiger partial charge in [0.05, 0.1) is 11.7 Å². The van der Waals surface area contributed by atoms with Crippen LogP contribution in [-0.2, 0) is 9.53 Å². The SMILES string of the molecule is CC.CNCCN1CC(C)CC2OC3(CCC4C(=C(C)C3)CC3C4CCC4CC(=O)CCC43C)CC21. The highest BCUT2D eigenvalue weighted by Crippen LogP contribution is 2.64. The maximum absolute atomic E-state index is 12.2. The van der Waals surface area contributed by atoms with Crippen molar-refractivity contribution in [1.29, 1.82) is 0 Å². The zero-order valence-corrected chi connectivity index (χ0v) is 24.2. The first kappa shape index (κ1) is 26.9. The van der Waals surface area contributed by atoms with Crippen molar-refractivity contribution in [3.63, 3.8) is 0 Å². The number of allylic oxidation sites excluding steroid dienone is 1. The third-order valence-corrected chi connectivity index (χ3v) is 11.7. The highest BCUT2D eigenvalue weighted by Gasteiger charge is 2.58. The van der Waals surface area contributed by atoms with E-state index in [1.807, 2.05) is 19.4 Å². The van der Waals surface area contributed by atoms with Gasteiger partial charge in [0.2, 0.25) is 0 Å². The fourth-order valence-electron chi connectivity index (χ4n) is 10.0. The molecule has 5 fully saturated rings. The van der Waals surface area contributed by atoms with Crippen LogP contribution in [0.4, 0.5) is 0 Å². The van der Waals surface area contributed by atoms with Crippen LogP contribution in [0.25, 0.3) is 0 Å². The van der Waals surface area contributed by atoms with Crippen molar-refractivity contribution in [1.82, 2.24) is 10.2 Å². The van der Waals surface area contributed by atoms with Gasteiger partial charge in [0.25, 0.3) is 0 Å². The van der Waals surface area contributed by atoms with Crippen molar-refractivity contribution in [2.75, 3.05) is 26.7 Å². The zero-order valence-electron chi connectivity index (χ0n) is 24.2. The van der Waals surface area contributed by atoms with Gasteiger partial charge < -0.3 is 10.1 Å². The normalized spacial score (nSPS) is 46.4. The minimum absolute atomic E-state index is 0.0760. The number of piperidine rings is 1. The van der Waals surface area contributed by atoms with E-state index in [1.54, 1.807) is 5.57 Å². The number of rotatable bonds is 3. The summed E-state index contributed by atoms with van der Waals surface area (Å²) >= 11 is 0. The number of ketones is 1. The summed E-state index contributed by atoms with van der Waals surface area (Å²) in [7, 11) is 2.07. The summed E-state index contributed by atoms with van der Waals surface area (Å²) in [4.78, 5) is 15.0. The van der Waals surface area contributed by atoms with Crippen molar-refractivity contribution < 1.29 is 9.53 Å². The van der Waals surface area contributed by atoms with E-state index in [2.05, 4.69) is 38.0 Å². The van der Waals surface area contributed by atoms with E-state index in [1.165, 1.54) is 51.5 Å². The van der Waals surface area contributed by atoms with E-state index < -0.39 is 0 Å². The molecule has 6 rings (SSSR count). The number of fused-ring (bicyclic) bond motifs is 6. The van der Waals surface area contributed by atoms with Crippen LogP contribution < -0.4 is 5.32 Å². The monoisotopic (exact) mass is 498 g/mol. The minimum atomic E-state index is 0.0760. The molecule has 2 heterocycles. The van der Waals surface area contributed by atoms with Crippen LogP contribution in [0.15, 0.2) is 11.1 Å². The lowest BCUT2D eigenvalue weighted by atomic mass is 9.52. The second-order valence-corrected chi connectivity index (χ2v) is 13.7. The predicted octanol–water partition coefficient (Wildman–Crippen LogP) is 6.39. The molecular formula is C32H54N2O2. The molecule has 0 amide bonds. The Bertz CT molecular complexity index is 853. The van der Waals surface area contributed by atoms with Crippen LogP contribution in [0, 0.1) is 35.0 Å². The molecule has 36 heavy (non-hydrogen) atoms. The first-order chi connectivity index (χ1) is 17.3. The standard InChI is InChI=1S/C30H48N2O2.C2H6/c1-19-13-28-27(32(18-19)12-11-31-4)17-30(34-28)10-8-23-24-6-5-21-14-22(33)7-9-29(21,3)26(24)15-25(23)20(2)16-30;1-2/h19,21,23-24,26-28,31H,5-18H2,1-4H3;1-2H3. The molecule has 2 aliphatic heterocycles. The molecule has 4 heteroatoms. The van der Waals surface area contributed by atoms with Gasteiger partial charge in [0.1, 0.15) is 5.78 Å². The van der Waals surface area contributed by atoms with E-state index in [-0.39, 0.29) is 5.60 Å². The molecule has 1 N–H and O–H groups in total. The maximum atomic E-state index is 12.2. The molecule has 4 nitrogen and oxygen atoms in total. The fourth-order valence-corrected chi connectivity index (χ4v) is 10.0. The van der Waals surface area contributed by atoms with Crippen LogP contribution in [0.2, 0.25) is 0 Å². The number of Topliss-reactive ketones (excluding diaryl/α,β-unsaturated/α-hetero) is 1. The highest BCUT2D eigenvalue weighted by atomic mass is 16.5. The Hall–Kier alpha value is -0.710. The van der Waals surface area contributed by atoms with Crippen LogP contribution >= 0.6 is 0 Å². The van der Waals surface area contributed by atoms with Gasteiger partial charge in [-0.1, -0.05) is 38.8 Å². The van der Waals surface area contributed by atoms with Gasteiger partial charge in [0, 0.05) is 38.5 Å². The molecule has 2 saturated heterocycles. The molecular weight excluding hydrogens is 444 g/mol. The summed E-state index contributed by atoms with van der Waals surface area (Å²) in [5.74, 6) is 4.36. The summed E-state index contributed by atoms with van der Waals surface area (Å²) < 4.78 is 7.11. The molecule has 0 bridgehead atoms. The van der Waals surface area contributed by atoms with Crippen LogP contribution in [0.5, 0.6) is 0 Å². The van der Waals surface area contributed by atoms with Gasteiger partial charge in [-0.3, -0.25) is 9.69 Å². The van der Waals surface area contributed by atoms with E-state index in [0.717, 1.165) is 62.4 Å². The van der Waals surface area contributed by atoms with Crippen molar-refractivity contribution in [2.24, 2.45) is 35.0 Å². The average Bonchev–Trinajstić information content (AvgIpc) is 3.38. The highest BCUT2D eigenvalue weighted by molar-refractivity contribution is 5.79. The smallest absolute Gasteiger partial charge is 0.133 e. The molecule has 9 atom stereocenters. The Labute approximate surface area is 221 Å². The van der Waals surface area contributed by atoms with Gasteiger partial charge >= 0.3 is 0 Å². The third kappa shape index (κ3) is 4.56. The lowest BCUT2D eigenvalue weighted by molar-refractivity contribution is -0.129. The van der Waals surface area contributed by atoms with Gasteiger partial charge in [-0.25, -0.2) is 0 Å². The molecule has 3 saturated carbocycles. The lowest BCUT2D eigenvalue weighted by Gasteiger charge is -2.52. The molecule has 1 spiro atoms. The van der Waals surface area contributed by atoms with Crippen molar-refractivity contribution >= 4 is 5.78 Å². The second kappa shape index (κ2) is 10.5. The fraction of sp³-hybridized carbons (Fsp3) is 0.906. The Morgan fingerprint density at radius 3 is 2.72 bits per heavy atom. The summed E-state index contributed by atoms with van der Waals surface area (Å²) in [5.41, 5.74) is 3.98. The van der Waals surface area contributed by atoms with Gasteiger partial charge in [-0.15, -0.1) is 0 Å². The molecule has 0 radical (unpaired) electrons. The van der Waals surface area contributed by atoms with Crippen molar-refractivity contribution in [3.05, 3.63) is 11.1 Å².